The summed E-state index contributed by atoms with van der Waals surface area (Å²) in [5.74, 6) is -0.810. The van der Waals surface area contributed by atoms with E-state index in [0.29, 0.717) is 12.0 Å². The topological polar surface area (TPSA) is 90.0 Å². The van der Waals surface area contributed by atoms with Crippen LogP contribution in [0, 0.1) is 12.7 Å². The second-order valence-corrected chi connectivity index (χ2v) is 6.47. The van der Waals surface area contributed by atoms with Crippen LogP contribution >= 0.6 is 0 Å². The van der Waals surface area contributed by atoms with Crippen molar-refractivity contribution in [3.05, 3.63) is 41.5 Å². The van der Waals surface area contributed by atoms with E-state index >= 15 is 0 Å². The van der Waals surface area contributed by atoms with Gasteiger partial charge >= 0.3 is 0 Å². The van der Waals surface area contributed by atoms with E-state index < -0.39 is 20.7 Å². The van der Waals surface area contributed by atoms with Crippen molar-refractivity contribution in [3.8, 4) is 0 Å². The monoisotopic (exact) mass is 312 g/mol. The van der Waals surface area contributed by atoms with Gasteiger partial charge in [0.1, 0.15) is 10.7 Å². The summed E-state index contributed by atoms with van der Waals surface area (Å²) >= 11 is 0. The number of benzene rings is 1. The van der Waals surface area contributed by atoms with Crippen molar-refractivity contribution in [2.24, 2.45) is 7.05 Å². The Morgan fingerprint density at radius 1 is 1.43 bits per heavy atom. The zero-order chi connectivity index (χ0) is 15.6. The fourth-order valence-electron chi connectivity index (χ4n) is 1.91. The number of hydrogen-bond donors (Lipinski definition) is 2. The van der Waals surface area contributed by atoms with Crippen LogP contribution in [0.2, 0.25) is 0 Å². The van der Waals surface area contributed by atoms with Gasteiger partial charge in [0.05, 0.1) is 0 Å². The number of nitrogen functional groups attached to an aromatic ring is 1. The average molecular weight is 312 g/mol. The molecule has 1 aromatic heterocycles. The molecule has 0 fully saturated rings. The van der Waals surface area contributed by atoms with Gasteiger partial charge in [-0.3, -0.25) is 4.68 Å². The molecule has 8 heteroatoms. The third-order valence-electron chi connectivity index (χ3n) is 3.21. The Labute approximate surface area is 122 Å². The molecule has 0 unspecified atom stereocenters. The molecule has 114 valence electrons. The van der Waals surface area contributed by atoms with Crippen LogP contribution in [0.1, 0.15) is 11.3 Å². The smallest absolute Gasteiger partial charge is 0.243 e. The van der Waals surface area contributed by atoms with Crippen molar-refractivity contribution in [1.29, 1.82) is 0 Å². The summed E-state index contributed by atoms with van der Waals surface area (Å²) in [6.45, 7) is 1.76. The minimum atomic E-state index is -3.93. The van der Waals surface area contributed by atoms with Gasteiger partial charge in [-0.25, -0.2) is 17.5 Å². The summed E-state index contributed by atoms with van der Waals surface area (Å²) in [5, 5.41) is 3.99. The lowest BCUT2D eigenvalue weighted by atomic mass is 10.2. The fraction of sp³-hybridized carbons (Fsp3) is 0.308. The highest BCUT2D eigenvalue weighted by molar-refractivity contribution is 7.89. The molecule has 0 amide bonds. The molecule has 0 bridgehead atoms. The third-order valence-corrected chi connectivity index (χ3v) is 4.68. The molecular formula is C13H17FN4O2S. The van der Waals surface area contributed by atoms with Crippen LogP contribution in [0.25, 0.3) is 0 Å². The van der Waals surface area contributed by atoms with E-state index in [1.54, 1.807) is 30.9 Å². The molecule has 3 N–H and O–H groups in total. The minimum absolute atomic E-state index is 0.148. The molecule has 0 spiro atoms. The molecule has 0 atom stereocenters. The molecule has 0 saturated heterocycles. The van der Waals surface area contributed by atoms with Crippen molar-refractivity contribution in [2.45, 2.75) is 18.2 Å². The van der Waals surface area contributed by atoms with Crippen LogP contribution in [0.3, 0.4) is 0 Å². The lowest BCUT2D eigenvalue weighted by molar-refractivity contribution is 0.556. The van der Waals surface area contributed by atoms with Crippen molar-refractivity contribution < 1.29 is 12.8 Å². The van der Waals surface area contributed by atoms with Gasteiger partial charge in [-0.1, -0.05) is 0 Å². The van der Waals surface area contributed by atoms with Crippen molar-refractivity contribution in [1.82, 2.24) is 14.5 Å². The quantitative estimate of drug-likeness (QED) is 0.805. The zero-order valence-electron chi connectivity index (χ0n) is 11.8. The number of nitrogens with zero attached hydrogens (tertiary/aromatic N) is 2. The highest BCUT2D eigenvalue weighted by Gasteiger charge is 2.20. The lowest BCUT2D eigenvalue weighted by Gasteiger charge is -2.10. The van der Waals surface area contributed by atoms with E-state index in [2.05, 4.69) is 9.82 Å². The Bertz CT molecular complexity index is 756. The number of halogens is 1. The summed E-state index contributed by atoms with van der Waals surface area (Å²) in [7, 11) is -2.16. The van der Waals surface area contributed by atoms with Crippen molar-refractivity contribution in [3.63, 3.8) is 0 Å². The Kier molecular flexibility index (Phi) is 4.29. The summed E-state index contributed by atoms with van der Waals surface area (Å²) in [6, 6.07) is 4.04. The second kappa shape index (κ2) is 5.82. The van der Waals surface area contributed by atoms with Crippen LogP contribution in [0.15, 0.2) is 29.3 Å². The molecule has 0 aliphatic heterocycles. The predicted octanol–water partition coefficient (Wildman–Crippen LogP) is 0.971. The molecular weight excluding hydrogens is 295 g/mol. The SMILES string of the molecule is Cc1cc(F)c(S(=O)(=O)NCCc2ccnn2C)cc1N. The van der Waals surface area contributed by atoms with Gasteiger partial charge in [-0.15, -0.1) is 0 Å². The number of aryl methyl sites for hydroxylation is 2. The molecule has 0 saturated carbocycles. The molecule has 21 heavy (non-hydrogen) atoms. The molecule has 2 aromatic rings. The number of hydrogen-bond acceptors (Lipinski definition) is 4. The van der Waals surface area contributed by atoms with Gasteiger partial charge in [0, 0.05) is 37.6 Å². The number of aromatic nitrogens is 2. The first-order chi connectivity index (χ1) is 9.81. The minimum Gasteiger partial charge on any atom is -0.398 e. The number of sulfonamides is 1. The Morgan fingerprint density at radius 3 is 2.76 bits per heavy atom. The largest absolute Gasteiger partial charge is 0.398 e. The maximum atomic E-state index is 13.8. The number of rotatable bonds is 5. The first kappa shape index (κ1) is 15.5. The van der Waals surface area contributed by atoms with E-state index in [0.717, 1.165) is 17.8 Å². The molecule has 6 nitrogen and oxygen atoms in total. The molecule has 0 aliphatic rings. The first-order valence-corrected chi connectivity index (χ1v) is 7.82. The lowest BCUT2D eigenvalue weighted by Crippen LogP contribution is -2.27. The summed E-state index contributed by atoms with van der Waals surface area (Å²) in [6.07, 6.45) is 2.09. The maximum absolute atomic E-state index is 13.8. The fourth-order valence-corrected chi connectivity index (χ4v) is 3.04. The Balaban J connectivity index is 2.12. The number of nitrogens with one attached hydrogen (secondary N) is 1. The molecule has 2 rings (SSSR count). The van der Waals surface area contributed by atoms with Gasteiger partial charge in [0.25, 0.3) is 0 Å². The van der Waals surface area contributed by atoms with Gasteiger partial charge in [0.2, 0.25) is 10.0 Å². The summed E-state index contributed by atoms with van der Waals surface area (Å²) in [5.41, 5.74) is 7.26. The van der Waals surface area contributed by atoms with Gasteiger partial charge in [0.15, 0.2) is 0 Å². The molecule has 1 aromatic carbocycles. The molecule has 0 aliphatic carbocycles. The number of anilines is 1. The van der Waals surface area contributed by atoms with E-state index in [1.165, 1.54) is 0 Å². The van der Waals surface area contributed by atoms with Gasteiger partial charge < -0.3 is 5.73 Å². The van der Waals surface area contributed by atoms with Crippen LogP contribution in [-0.4, -0.2) is 24.7 Å². The third kappa shape index (κ3) is 3.40. The van der Waals surface area contributed by atoms with E-state index in [4.69, 9.17) is 5.73 Å². The maximum Gasteiger partial charge on any atom is 0.243 e. The zero-order valence-corrected chi connectivity index (χ0v) is 12.6. The second-order valence-electron chi connectivity index (χ2n) is 4.73. The molecule has 1 heterocycles. The van der Waals surface area contributed by atoms with Crippen LogP contribution < -0.4 is 10.5 Å². The van der Waals surface area contributed by atoms with E-state index in [9.17, 15) is 12.8 Å². The normalized spacial score (nSPS) is 11.8. The first-order valence-electron chi connectivity index (χ1n) is 6.33. The van der Waals surface area contributed by atoms with E-state index in [-0.39, 0.29) is 12.2 Å². The van der Waals surface area contributed by atoms with Gasteiger partial charge in [-0.05, 0) is 30.7 Å². The Hall–Kier alpha value is -1.93. The summed E-state index contributed by atoms with van der Waals surface area (Å²) in [4.78, 5) is -0.435. The van der Waals surface area contributed by atoms with Crippen LogP contribution in [0.4, 0.5) is 10.1 Å². The van der Waals surface area contributed by atoms with Gasteiger partial charge in [-0.2, -0.15) is 5.10 Å². The van der Waals surface area contributed by atoms with Crippen molar-refractivity contribution >= 4 is 15.7 Å². The predicted molar refractivity (Wildman–Crippen MR) is 77.6 cm³/mol. The van der Waals surface area contributed by atoms with Crippen molar-refractivity contribution in [2.75, 3.05) is 12.3 Å². The van der Waals surface area contributed by atoms with Crippen LogP contribution in [0.5, 0.6) is 0 Å². The van der Waals surface area contributed by atoms with Crippen LogP contribution in [-0.2, 0) is 23.5 Å². The number of nitrogens with two attached hydrogens (primary N) is 1. The standard InChI is InChI=1S/C13H17FN4O2S/c1-9-7-11(14)13(8-12(9)15)21(19,20)17-6-4-10-3-5-16-18(10)2/h3,5,7-8,17H,4,6,15H2,1-2H3. The Morgan fingerprint density at radius 2 is 2.14 bits per heavy atom. The average Bonchev–Trinajstić information content (AvgIpc) is 2.79. The molecule has 0 radical (unpaired) electrons. The highest BCUT2D eigenvalue weighted by atomic mass is 32.2. The summed E-state index contributed by atoms with van der Waals surface area (Å²) < 4.78 is 42.0. The highest BCUT2D eigenvalue weighted by Crippen LogP contribution is 2.21. The van der Waals surface area contributed by atoms with E-state index in [1.807, 2.05) is 0 Å².